The Hall–Kier alpha value is -3.00. The number of rotatable bonds is 9. The minimum atomic E-state index is -0.203. The number of thioether (sulfide) groups is 1. The summed E-state index contributed by atoms with van der Waals surface area (Å²) >= 11 is 1.23. The van der Waals surface area contributed by atoms with Gasteiger partial charge in [0.1, 0.15) is 5.75 Å². The van der Waals surface area contributed by atoms with Gasteiger partial charge in [-0.3, -0.25) is 14.4 Å². The average molecular weight is 401 g/mol. The van der Waals surface area contributed by atoms with Crippen LogP contribution in [0.5, 0.6) is 5.75 Å². The summed E-state index contributed by atoms with van der Waals surface area (Å²) in [5, 5.41) is 8.18. The molecule has 0 aliphatic heterocycles. The van der Waals surface area contributed by atoms with Gasteiger partial charge in [-0.15, -0.1) is 11.8 Å². The first-order chi connectivity index (χ1) is 13.5. The number of carbonyl (C=O) groups excluding carboxylic acids is 3. The molecule has 0 bridgehead atoms. The Morgan fingerprint density at radius 1 is 0.786 bits per heavy atom. The lowest BCUT2D eigenvalue weighted by molar-refractivity contribution is -0.115. The Labute approximate surface area is 168 Å². The molecule has 0 fully saturated rings. The molecule has 3 N–H and O–H groups in total. The minimum Gasteiger partial charge on any atom is -0.494 e. The van der Waals surface area contributed by atoms with Gasteiger partial charge in [-0.05, 0) is 55.5 Å². The van der Waals surface area contributed by atoms with Crippen molar-refractivity contribution >= 4 is 46.5 Å². The standard InChI is InChI=1S/C20H23N3O4S/c1-3-27-18-10-8-17(9-11-18)23-20(26)13-28-12-19(25)22-16-6-4-15(5-7-16)21-14(2)24/h4-11H,3,12-13H2,1-2H3,(H,21,24)(H,22,25)(H,23,26). The van der Waals surface area contributed by atoms with Crippen molar-refractivity contribution in [3.8, 4) is 5.75 Å². The first-order valence-corrected chi connectivity index (χ1v) is 9.89. The van der Waals surface area contributed by atoms with E-state index in [4.69, 9.17) is 4.74 Å². The van der Waals surface area contributed by atoms with Gasteiger partial charge in [0.2, 0.25) is 17.7 Å². The van der Waals surface area contributed by atoms with Crippen molar-refractivity contribution in [2.24, 2.45) is 0 Å². The molecule has 0 atom stereocenters. The topological polar surface area (TPSA) is 96.5 Å². The van der Waals surface area contributed by atoms with Crippen LogP contribution in [0.15, 0.2) is 48.5 Å². The fraction of sp³-hybridized carbons (Fsp3) is 0.250. The van der Waals surface area contributed by atoms with E-state index in [2.05, 4.69) is 16.0 Å². The molecule has 0 heterocycles. The monoisotopic (exact) mass is 401 g/mol. The smallest absolute Gasteiger partial charge is 0.234 e. The van der Waals surface area contributed by atoms with Gasteiger partial charge in [0, 0.05) is 24.0 Å². The van der Waals surface area contributed by atoms with E-state index in [9.17, 15) is 14.4 Å². The van der Waals surface area contributed by atoms with Crippen molar-refractivity contribution in [1.29, 1.82) is 0 Å². The van der Waals surface area contributed by atoms with E-state index in [1.165, 1.54) is 18.7 Å². The fourth-order valence-electron chi connectivity index (χ4n) is 2.27. The van der Waals surface area contributed by atoms with E-state index in [-0.39, 0.29) is 29.2 Å². The Morgan fingerprint density at radius 3 is 1.64 bits per heavy atom. The molecule has 0 aliphatic carbocycles. The molecule has 28 heavy (non-hydrogen) atoms. The number of carbonyl (C=O) groups is 3. The summed E-state index contributed by atoms with van der Waals surface area (Å²) in [6, 6.07) is 13.9. The van der Waals surface area contributed by atoms with Gasteiger partial charge in [0.25, 0.3) is 0 Å². The lowest BCUT2D eigenvalue weighted by Crippen LogP contribution is -2.18. The van der Waals surface area contributed by atoms with Gasteiger partial charge >= 0.3 is 0 Å². The number of hydrogen-bond acceptors (Lipinski definition) is 5. The number of hydrogen-bond donors (Lipinski definition) is 3. The largest absolute Gasteiger partial charge is 0.494 e. The van der Waals surface area contributed by atoms with E-state index in [1.807, 2.05) is 6.92 Å². The zero-order valence-corrected chi connectivity index (χ0v) is 16.6. The molecule has 2 aromatic rings. The first-order valence-electron chi connectivity index (χ1n) is 8.74. The third-order valence-corrected chi connectivity index (χ3v) is 4.34. The first kappa shape index (κ1) is 21.3. The average Bonchev–Trinajstić information content (AvgIpc) is 2.65. The SMILES string of the molecule is CCOc1ccc(NC(=O)CSCC(=O)Nc2ccc(NC(C)=O)cc2)cc1. The third kappa shape index (κ3) is 7.71. The zero-order valence-electron chi connectivity index (χ0n) is 15.8. The highest BCUT2D eigenvalue weighted by Crippen LogP contribution is 2.16. The van der Waals surface area contributed by atoms with Crippen LogP contribution in [0.3, 0.4) is 0 Å². The zero-order chi connectivity index (χ0) is 20.4. The summed E-state index contributed by atoms with van der Waals surface area (Å²) in [5.74, 6) is 0.535. The van der Waals surface area contributed by atoms with E-state index in [1.54, 1.807) is 48.5 Å². The molecule has 2 rings (SSSR count). The van der Waals surface area contributed by atoms with Crippen LogP contribution in [0.2, 0.25) is 0 Å². The second-order valence-electron chi connectivity index (χ2n) is 5.81. The van der Waals surface area contributed by atoms with Crippen LogP contribution in [0, 0.1) is 0 Å². The molecule has 3 amide bonds. The van der Waals surface area contributed by atoms with Crippen LogP contribution in [0.25, 0.3) is 0 Å². The predicted molar refractivity (Wildman–Crippen MR) is 113 cm³/mol. The summed E-state index contributed by atoms with van der Waals surface area (Å²) < 4.78 is 5.35. The molecule has 7 nitrogen and oxygen atoms in total. The molecule has 0 unspecified atom stereocenters. The highest BCUT2D eigenvalue weighted by Gasteiger charge is 2.07. The van der Waals surface area contributed by atoms with Crippen molar-refractivity contribution in [3.63, 3.8) is 0 Å². The van der Waals surface area contributed by atoms with Crippen molar-refractivity contribution < 1.29 is 19.1 Å². The van der Waals surface area contributed by atoms with Crippen LogP contribution in [-0.2, 0) is 14.4 Å². The molecule has 0 saturated heterocycles. The lowest BCUT2D eigenvalue weighted by Gasteiger charge is -2.08. The van der Waals surface area contributed by atoms with E-state index in [0.29, 0.717) is 23.7 Å². The Balaban J connectivity index is 1.69. The number of benzene rings is 2. The molecule has 0 aromatic heterocycles. The van der Waals surface area contributed by atoms with Crippen molar-refractivity contribution in [3.05, 3.63) is 48.5 Å². The van der Waals surface area contributed by atoms with Gasteiger partial charge < -0.3 is 20.7 Å². The Morgan fingerprint density at radius 2 is 1.21 bits per heavy atom. The van der Waals surface area contributed by atoms with Crippen LogP contribution in [0.4, 0.5) is 17.1 Å². The lowest BCUT2D eigenvalue weighted by atomic mass is 10.3. The van der Waals surface area contributed by atoms with Crippen LogP contribution in [-0.4, -0.2) is 35.8 Å². The van der Waals surface area contributed by atoms with Gasteiger partial charge in [-0.1, -0.05) is 0 Å². The fourth-order valence-corrected chi connectivity index (χ4v) is 2.89. The number of nitrogens with one attached hydrogen (secondary N) is 3. The van der Waals surface area contributed by atoms with Crippen LogP contribution in [0.1, 0.15) is 13.8 Å². The third-order valence-electron chi connectivity index (χ3n) is 3.40. The highest BCUT2D eigenvalue weighted by atomic mass is 32.2. The normalized spacial score (nSPS) is 10.1. The Kier molecular flexibility index (Phi) is 8.36. The predicted octanol–water partition coefficient (Wildman–Crippen LogP) is 3.35. The van der Waals surface area contributed by atoms with Gasteiger partial charge in [-0.25, -0.2) is 0 Å². The number of ether oxygens (including phenoxy) is 1. The maximum absolute atomic E-state index is 12.0. The summed E-state index contributed by atoms with van der Waals surface area (Å²) in [4.78, 5) is 34.9. The van der Waals surface area contributed by atoms with Crippen LogP contribution < -0.4 is 20.7 Å². The van der Waals surface area contributed by atoms with Crippen molar-refractivity contribution in [2.75, 3.05) is 34.1 Å². The van der Waals surface area contributed by atoms with Gasteiger partial charge in [0.05, 0.1) is 18.1 Å². The summed E-state index contributed by atoms with van der Waals surface area (Å²) in [5.41, 5.74) is 1.96. The van der Waals surface area contributed by atoms with Gasteiger partial charge in [0.15, 0.2) is 0 Å². The second-order valence-corrected chi connectivity index (χ2v) is 6.79. The Bertz CT molecular complexity index is 807. The quantitative estimate of drug-likeness (QED) is 0.599. The molecule has 0 saturated carbocycles. The van der Waals surface area contributed by atoms with Crippen molar-refractivity contribution in [1.82, 2.24) is 0 Å². The maximum atomic E-state index is 12.0. The number of anilines is 3. The summed E-state index contributed by atoms with van der Waals surface area (Å²) in [6.07, 6.45) is 0. The molecule has 2 aromatic carbocycles. The maximum Gasteiger partial charge on any atom is 0.234 e. The van der Waals surface area contributed by atoms with E-state index in [0.717, 1.165) is 5.75 Å². The summed E-state index contributed by atoms with van der Waals surface area (Å²) in [6.45, 7) is 3.92. The summed E-state index contributed by atoms with van der Waals surface area (Å²) in [7, 11) is 0. The van der Waals surface area contributed by atoms with Crippen LogP contribution >= 0.6 is 11.8 Å². The van der Waals surface area contributed by atoms with E-state index < -0.39 is 0 Å². The molecule has 148 valence electrons. The van der Waals surface area contributed by atoms with E-state index >= 15 is 0 Å². The molecule has 0 aliphatic rings. The molecular weight excluding hydrogens is 378 g/mol. The number of amides is 3. The van der Waals surface area contributed by atoms with Crippen molar-refractivity contribution in [2.45, 2.75) is 13.8 Å². The molecular formula is C20H23N3O4S. The molecule has 0 radical (unpaired) electrons. The van der Waals surface area contributed by atoms with Gasteiger partial charge in [-0.2, -0.15) is 0 Å². The molecule has 0 spiro atoms. The second kappa shape index (κ2) is 11.0. The highest BCUT2D eigenvalue weighted by molar-refractivity contribution is 8.00. The minimum absolute atomic E-state index is 0.156. The molecule has 8 heteroatoms.